The van der Waals surface area contributed by atoms with E-state index in [1.165, 1.54) is 37.6 Å². The molecule has 0 radical (unpaired) electrons. The molecule has 150 valence electrons. The number of aliphatic carboxylic acids is 1. The normalized spacial score (nSPS) is 11.7. The topological polar surface area (TPSA) is 127 Å². The quantitative estimate of drug-likeness (QED) is 0.554. The minimum atomic E-state index is -1.13. The molecule has 0 fully saturated rings. The molecule has 0 saturated heterocycles. The van der Waals surface area contributed by atoms with Crippen molar-refractivity contribution in [1.82, 2.24) is 20.1 Å². The summed E-state index contributed by atoms with van der Waals surface area (Å²) in [4.78, 5) is 27.8. The Balaban J connectivity index is 1.85. The van der Waals surface area contributed by atoms with Crippen LogP contribution in [0.5, 0.6) is 11.8 Å². The van der Waals surface area contributed by atoms with Gasteiger partial charge >= 0.3 is 5.97 Å². The Labute approximate surface area is 164 Å². The predicted octanol–water partition coefficient (Wildman–Crippen LogP) is 2.07. The molecule has 9 nitrogen and oxygen atoms in total. The molecule has 0 bridgehead atoms. The summed E-state index contributed by atoms with van der Waals surface area (Å²) in [5.41, 5.74) is 0.201. The molecule has 0 aliphatic carbocycles. The molecular weight excluding hydrogens is 383 g/mol. The van der Waals surface area contributed by atoms with Crippen molar-refractivity contribution in [3.8, 4) is 17.4 Å². The average Bonchev–Trinajstić information content (AvgIpc) is 3.09. The van der Waals surface area contributed by atoms with Crippen LogP contribution in [-0.2, 0) is 4.79 Å². The Kier molecular flexibility index (Phi) is 5.72. The highest BCUT2D eigenvalue weighted by Crippen LogP contribution is 2.22. The lowest BCUT2D eigenvalue weighted by molar-refractivity contribution is -0.137. The summed E-state index contributed by atoms with van der Waals surface area (Å²) in [6.45, 7) is 0. The van der Waals surface area contributed by atoms with E-state index in [0.717, 1.165) is 10.7 Å². The molecule has 0 spiro atoms. The number of hydrogen-bond donors (Lipinski definition) is 3. The third kappa shape index (κ3) is 4.49. The zero-order chi connectivity index (χ0) is 21.0. The molecule has 3 rings (SSSR count). The number of pyridine rings is 1. The lowest BCUT2D eigenvalue weighted by Crippen LogP contribution is -2.30. The number of aromatic nitrogens is 3. The molecule has 3 N–H and O–H groups in total. The van der Waals surface area contributed by atoms with Crippen molar-refractivity contribution < 1.29 is 28.9 Å². The highest BCUT2D eigenvalue weighted by Gasteiger charge is 2.23. The summed E-state index contributed by atoms with van der Waals surface area (Å²) < 4.78 is 19.8. The summed E-state index contributed by atoms with van der Waals surface area (Å²) in [7, 11) is 1.44. The van der Waals surface area contributed by atoms with E-state index in [4.69, 9.17) is 9.84 Å². The Morgan fingerprint density at radius 2 is 2.03 bits per heavy atom. The molecule has 3 aromatic rings. The van der Waals surface area contributed by atoms with E-state index in [2.05, 4.69) is 15.4 Å². The number of nitrogens with one attached hydrogen (secondary N) is 1. The van der Waals surface area contributed by atoms with Gasteiger partial charge in [0.1, 0.15) is 11.5 Å². The number of carboxylic acid groups (broad SMARTS) is 1. The first kappa shape index (κ1) is 19.8. The van der Waals surface area contributed by atoms with Crippen molar-refractivity contribution in [3.63, 3.8) is 0 Å². The van der Waals surface area contributed by atoms with E-state index in [0.29, 0.717) is 11.4 Å². The monoisotopic (exact) mass is 400 g/mol. The highest BCUT2D eigenvalue weighted by atomic mass is 19.1. The average molecular weight is 400 g/mol. The predicted molar refractivity (Wildman–Crippen MR) is 98.4 cm³/mol. The number of nitrogens with zero attached hydrogens (tertiary/aromatic N) is 3. The molecule has 1 atom stereocenters. The van der Waals surface area contributed by atoms with E-state index < -0.39 is 36.0 Å². The third-order valence-corrected chi connectivity index (χ3v) is 4.06. The summed E-state index contributed by atoms with van der Waals surface area (Å²) in [6, 6.07) is 8.89. The largest absolute Gasteiger partial charge is 0.493 e. The minimum absolute atomic E-state index is 0.0366. The summed E-state index contributed by atoms with van der Waals surface area (Å²) in [6.07, 6.45) is 0.988. The molecule has 2 aromatic heterocycles. The number of benzene rings is 1. The second-order valence-corrected chi connectivity index (χ2v) is 6.01. The van der Waals surface area contributed by atoms with Crippen LogP contribution >= 0.6 is 0 Å². The fraction of sp³-hybridized carbons (Fsp3) is 0.158. The number of rotatable bonds is 7. The molecule has 0 aliphatic rings. The van der Waals surface area contributed by atoms with E-state index >= 15 is 0 Å². The van der Waals surface area contributed by atoms with Crippen LogP contribution in [-0.4, -0.2) is 44.0 Å². The number of carbonyl (C=O) groups is 2. The van der Waals surface area contributed by atoms with E-state index in [9.17, 15) is 19.1 Å². The zero-order valence-electron chi connectivity index (χ0n) is 15.2. The number of carbonyl (C=O) groups excluding carboxylic acids is 1. The molecule has 1 amide bonds. The Morgan fingerprint density at radius 1 is 1.28 bits per heavy atom. The van der Waals surface area contributed by atoms with E-state index in [1.807, 2.05) is 0 Å². The number of carboxylic acids is 1. The lowest BCUT2D eigenvalue weighted by atomic mass is 10.1. The van der Waals surface area contributed by atoms with Gasteiger partial charge in [0.15, 0.2) is 5.69 Å². The Bertz CT molecular complexity index is 1040. The van der Waals surface area contributed by atoms with Crippen molar-refractivity contribution in [2.75, 3.05) is 7.11 Å². The SMILES string of the molecule is COc1ccc([C@H](CC(=O)O)NC(=O)c2cc(O)n(-c3ccccc3F)n2)cn1. The van der Waals surface area contributed by atoms with Crippen LogP contribution in [0.2, 0.25) is 0 Å². The van der Waals surface area contributed by atoms with Crippen LogP contribution in [0.4, 0.5) is 4.39 Å². The van der Waals surface area contributed by atoms with Crippen molar-refractivity contribution in [3.05, 3.63) is 65.7 Å². The van der Waals surface area contributed by atoms with Gasteiger partial charge in [0.05, 0.1) is 19.6 Å². The first-order chi connectivity index (χ1) is 13.9. The van der Waals surface area contributed by atoms with Gasteiger partial charge in [-0.15, -0.1) is 0 Å². The number of para-hydroxylation sites is 1. The highest BCUT2D eigenvalue weighted by molar-refractivity contribution is 5.93. The maximum Gasteiger partial charge on any atom is 0.305 e. The molecule has 0 saturated carbocycles. The second-order valence-electron chi connectivity index (χ2n) is 6.01. The second kappa shape index (κ2) is 8.38. The number of ether oxygens (including phenoxy) is 1. The first-order valence-electron chi connectivity index (χ1n) is 8.45. The molecule has 1 aromatic carbocycles. The number of hydrogen-bond acceptors (Lipinski definition) is 6. The van der Waals surface area contributed by atoms with E-state index in [-0.39, 0.29) is 11.4 Å². The van der Waals surface area contributed by atoms with Crippen molar-refractivity contribution in [2.45, 2.75) is 12.5 Å². The van der Waals surface area contributed by atoms with Gasteiger partial charge in [-0.2, -0.15) is 9.78 Å². The molecule has 0 aliphatic heterocycles. The minimum Gasteiger partial charge on any atom is -0.493 e. The Morgan fingerprint density at radius 3 is 2.66 bits per heavy atom. The first-order valence-corrected chi connectivity index (χ1v) is 8.45. The number of aromatic hydroxyl groups is 1. The van der Waals surface area contributed by atoms with Crippen LogP contribution in [0.3, 0.4) is 0 Å². The lowest BCUT2D eigenvalue weighted by Gasteiger charge is -2.16. The molecular formula is C19H17FN4O5. The van der Waals surface area contributed by atoms with Crippen molar-refractivity contribution in [2.24, 2.45) is 0 Å². The third-order valence-electron chi connectivity index (χ3n) is 4.06. The molecule has 10 heteroatoms. The maximum absolute atomic E-state index is 13.9. The van der Waals surface area contributed by atoms with Gasteiger partial charge in [0.2, 0.25) is 11.8 Å². The zero-order valence-corrected chi connectivity index (χ0v) is 15.2. The van der Waals surface area contributed by atoms with Gasteiger partial charge in [0.25, 0.3) is 5.91 Å². The van der Waals surface area contributed by atoms with Gasteiger partial charge in [-0.3, -0.25) is 9.59 Å². The number of methoxy groups -OCH3 is 1. The van der Waals surface area contributed by atoms with Gasteiger partial charge in [-0.1, -0.05) is 18.2 Å². The van der Waals surface area contributed by atoms with Gasteiger partial charge in [0, 0.05) is 18.3 Å². The van der Waals surface area contributed by atoms with Gasteiger partial charge in [-0.25, -0.2) is 9.37 Å². The summed E-state index contributed by atoms with van der Waals surface area (Å²) >= 11 is 0. The van der Waals surface area contributed by atoms with Crippen LogP contribution in [0.1, 0.15) is 28.5 Å². The van der Waals surface area contributed by atoms with Gasteiger partial charge < -0.3 is 20.3 Å². The van der Waals surface area contributed by atoms with Crippen LogP contribution < -0.4 is 10.1 Å². The maximum atomic E-state index is 13.9. The van der Waals surface area contributed by atoms with Crippen molar-refractivity contribution in [1.29, 1.82) is 0 Å². The van der Waals surface area contributed by atoms with E-state index in [1.54, 1.807) is 12.1 Å². The summed E-state index contributed by atoms with van der Waals surface area (Å²) in [5, 5.41) is 25.7. The molecule has 2 heterocycles. The van der Waals surface area contributed by atoms with Crippen molar-refractivity contribution >= 4 is 11.9 Å². The van der Waals surface area contributed by atoms with Gasteiger partial charge in [-0.05, 0) is 17.7 Å². The van der Waals surface area contributed by atoms with Crippen LogP contribution in [0.15, 0.2) is 48.7 Å². The fourth-order valence-electron chi connectivity index (χ4n) is 2.66. The molecule has 29 heavy (non-hydrogen) atoms. The standard InChI is InChI=1S/C19H17FN4O5/c1-29-16-7-6-11(10-21-16)13(9-18(26)27)22-19(28)14-8-17(25)24(23-14)15-5-3-2-4-12(15)20/h2-8,10,13,25H,9H2,1H3,(H,22,28)(H,26,27)/t13-/m0/s1. The number of amides is 1. The Hall–Kier alpha value is -3.95. The summed E-state index contributed by atoms with van der Waals surface area (Å²) in [5.74, 6) is -2.61. The van der Waals surface area contributed by atoms with Crippen LogP contribution in [0.25, 0.3) is 5.69 Å². The van der Waals surface area contributed by atoms with Crippen LogP contribution in [0, 0.1) is 5.82 Å². The number of halogens is 1. The fourth-order valence-corrected chi connectivity index (χ4v) is 2.66. The smallest absolute Gasteiger partial charge is 0.305 e. The molecule has 0 unspecified atom stereocenters.